The number of nitrogens with zero attached hydrogens (tertiary/aromatic N) is 1. The lowest BCUT2D eigenvalue weighted by atomic mass is 9.89. The molecule has 1 aromatic rings. The largest absolute Gasteiger partial charge is 0.370 e. The second-order valence-electron chi connectivity index (χ2n) is 6.15. The zero-order valence-corrected chi connectivity index (χ0v) is 12.3. The Morgan fingerprint density at radius 1 is 1.45 bits per heavy atom. The predicted octanol–water partition coefficient (Wildman–Crippen LogP) is 1.29. The number of fused-ring (bicyclic) bond motifs is 1. The summed E-state index contributed by atoms with van der Waals surface area (Å²) in [5.41, 5.74) is 3.91. The van der Waals surface area contributed by atoms with Gasteiger partial charge in [0.1, 0.15) is 0 Å². The molecule has 4 nitrogen and oxygen atoms in total. The second-order valence-corrected chi connectivity index (χ2v) is 6.15. The van der Waals surface area contributed by atoms with Crippen LogP contribution < -0.4 is 15.5 Å². The Morgan fingerprint density at radius 2 is 2.30 bits per heavy atom. The van der Waals surface area contributed by atoms with E-state index in [-0.39, 0.29) is 11.3 Å². The minimum absolute atomic E-state index is 0.155. The Hall–Kier alpha value is -1.55. The van der Waals surface area contributed by atoms with Crippen LogP contribution in [0, 0.1) is 5.41 Å². The van der Waals surface area contributed by atoms with Crippen LogP contribution in [-0.2, 0) is 17.8 Å². The van der Waals surface area contributed by atoms with Crippen LogP contribution in [0.25, 0.3) is 0 Å². The zero-order valence-electron chi connectivity index (χ0n) is 12.3. The minimum atomic E-state index is -0.264. The van der Waals surface area contributed by atoms with E-state index in [9.17, 15) is 4.79 Å². The first-order valence-corrected chi connectivity index (χ1v) is 7.43. The maximum absolute atomic E-state index is 12.1. The van der Waals surface area contributed by atoms with Crippen LogP contribution in [-0.4, -0.2) is 32.6 Å². The highest BCUT2D eigenvalue weighted by molar-refractivity contribution is 5.83. The Morgan fingerprint density at radius 3 is 3.10 bits per heavy atom. The van der Waals surface area contributed by atoms with Crippen LogP contribution in [0.1, 0.15) is 24.5 Å². The SMILES string of the molecule is CNC(=O)C1(C)CCN(c2cccc3c2CNCC3)C1. The molecule has 0 aliphatic carbocycles. The molecule has 0 spiro atoms. The van der Waals surface area contributed by atoms with Crippen LogP contribution in [0.2, 0.25) is 0 Å². The fraction of sp³-hybridized carbons (Fsp3) is 0.562. The fourth-order valence-corrected chi connectivity index (χ4v) is 3.45. The van der Waals surface area contributed by atoms with E-state index in [1.165, 1.54) is 16.8 Å². The third-order valence-electron chi connectivity index (χ3n) is 4.71. The lowest BCUT2D eigenvalue weighted by Gasteiger charge is -2.28. The molecular weight excluding hydrogens is 250 g/mol. The monoisotopic (exact) mass is 273 g/mol. The number of carbonyl (C=O) groups is 1. The van der Waals surface area contributed by atoms with E-state index in [4.69, 9.17) is 0 Å². The Kier molecular flexibility index (Phi) is 3.42. The van der Waals surface area contributed by atoms with Gasteiger partial charge in [-0.1, -0.05) is 12.1 Å². The van der Waals surface area contributed by atoms with Crippen molar-refractivity contribution in [2.75, 3.05) is 31.6 Å². The summed E-state index contributed by atoms with van der Waals surface area (Å²) in [5, 5.41) is 6.26. The first-order chi connectivity index (χ1) is 9.64. The number of nitrogens with one attached hydrogen (secondary N) is 2. The van der Waals surface area contributed by atoms with E-state index in [0.29, 0.717) is 0 Å². The molecule has 1 fully saturated rings. The van der Waals surface area contributed by atoms with Crippen molar-refractivity contribution in [1.82, 2.24) is 10.6 Å². The smallest absolute Gasteiger partial charge is 0.227 e. The molecule has 0 aromatic heterocycles. The minimum Gasteiger partial charge on any atom is -0.370 e. The second kappa shape index (κ2) is 5.09. The van der Waals surface area contributed by atoms with E-state index >= 15 is 0 Å². The van der Waals surface area contributed by atoms with Gasteiger partial charge in [-0.05, 0) is 43.5 Å². The maximum atomic E-state index is 12.1. The van der Waals surface area contributed by atoms with Crippen molar-refractivity contribution >= 4 is 11.6 Å². The van der Waals surface area contributed by atoms with E-state index in [1.807, 2.05) is 0 Å². The number of benzene rings is 1. The van der Waals surface area contributed by atoms with Crippen molar-refractivity contribution < 1.29 is 4.79 Å². The predicted molar refractivity (Wildman–Crippen MR) is 80.9 cm³/mol. The molecule has 2 N–H and O–H groups in total. The summed E-state index contributed by atoms with van der Waals surface area (Å²) in [7, 11) is 1.73. The molecule has 4 heteroatoms. The average Bonchev–Trinajstić information content (AvgIpc) is 2.89. The molecule has 1 aromatic carbocycles. The molecule has 1 atom stereocenters. The first-order valence-electron chi connectivity index (χ1n) is 7.43. The van der Waals surface area contributed by atoms with Gasteiger partial charge in [0.15, 0.2) is 0 Å². The lowest BCUT2D eigenvalue weighted by Crippen LogP contribution is -2.39. The van der Waals surface area contributed by atoms with Crippen molar-refractivity contribution in [3.05, 3.63) is 29.3 Å². The molecular formula is C16H23N3O. The van der Waals surface area contributed by atoms with E-state index in [2.05, 4.69) is 40.7 Å². The molecule has 0 radical (unpaired) electrons. The van der Waals surface area contributed by atoms with Gasteiger partial charge in [-0.25, -0.2) is 0 Å². The van der Waals surface area contributed by atoms with E-state index in [0.717, 1.165) is 39.0 Å². The van der Waals surface area contributed by atoms with Crippen molar-refractivity contribution in [2.24, 2.45) is 5.41 Å². The summed E-state index contributed by atoms with van der Waals surface area (Å²) in [6.45, 7) is 5.84. The highest BCUT2D eigenvalue weighted by Crippen LogP contribution is 2.36. The molecule has 20 heavy (non-hydrogen) atoms. The Labute approximate surface area is 120 Å². The van der Waals surface area contributed by atoms with Gasteiger partial charge >= 0.3 is 0 Å². The number of hydrogen-bond donors (Lipinski definition) is 2. The van der Waals surface area contributed by atoms with Crippen molar-refractivity contribution in [2.45, 2.75) is 26.3 Å². The molecule has 0 bridgehead atoms. The molecule has 3 rings (SSSR count). The molecule has 1 unspecified atom stereocenters. The van der Waals surface area contributed by atoms with Gasteiger partial charge in [-0.3, -0.25) is 4.79 Å². The Bertz CT molecular complexity index is 528. The molecule has 2 aliphatic rings. The highest BCUT2D eigenvalue weighted by atomic mass is 16.2. The molecule has 108 valence electrons. The molecule has 2 aliphatic heterocycles. The van der Waals surface area contributed by atoms with Crippen LogP contribution in [0.15, 0.2) is 18.2 Å². The van der Waals surface area contributed by atoms with Gasteiger partial charge in [-0.15, -0.1) is 0 Å². The number of hydrogen-bond acceptors (Lipinski definition) is 3. The highest BCUT2D eigenvalue weighted by Gasteiger charge is 2.40. The summed E-state index contributed by atoms with van der Waals surface area (Å²) in [4.78, 5) is 14.4. The van der Waals surface area contributed by atoms with Crippen molar-refractivity contribution in [3.8, 4) is 0 Å². The normalized spacial score (nSPS) is 25.4. The molecule has 0 saturated carbocycles. The molecule has 1 amide bonds. The number of rotatable bonds is 2. The van der Waals surface area contributed by atoms with Crippen LogP contribution in [0.4, 0.5) is 5.69 Å². The summed E-state index contributed by atoms with van der Waals surface area (Å²) < 4.78 is 0. The van der Waals surface area contributed by atoms with Crippen LogP contribution >= 0.6 is 0 Å². The summed E-state index contributed by atoms with van der Waals surface area (Å²) in [6, 6.07) is 6.57. The van der Waals surface area contributed by atoms with Crippen molar-refractivity contribution in [1.29, 1.82) is 0 Å². The standard InChI is InChI=1S/C16H23N3O/c1-16(15(20)17-2)7-9-19(11-16)14-5-3-4-12-6-8-18-10-13(12)14/h3-5,18H,6-11H2,1-2H3,(H,17,20). The van der Waals surface area contributed by atoms with Gasteiger partial charge < -0.3 is 15.5 Å². The van der Waals surface area contributed by atoms with E-state index < -0.39 is 0 Å². The summed E-state index contributed by atoms with van der Waals surface area (Å²) in [5.74, 6) is 0.155. The topological polar surface area (TPSA) is 44.4 Å². The first kappa shape index (κ1) is 13.4. The third-order valence-corrected chi connectivity index (χ3v) is 4.71. The average molecular weight is 273 g/mol. The summed E-state index contributed by atoms with van der Waals surface area (Å²) >= 11 is 0. The van der Waals surface area contributed by atoms with E-state index in [1.54, 1.807) is 7.05 Å². The van der Waals surface area contributed by atoms with Gasteiger partial charge in [0.2, 0.25) is 5.91 Å². The van der Waals surface area contributed by atoms with Crippen molar-refractivity contribution in [3.63, 3.8) is 0 Å². The lowest BCUT2D eigenvalue weighted by molar-refractivity contribution is -0.128. The number of carbonyl (C=O) groups excluding carboxylic acids is 1. The summed E-state index contributed by atoms with van der Waals surface area (Å²) in [6.07, 6.45) is 2.02. The third kappa shape index (κ3) is 2.18. The van der Waals surface area contributed by atoms with Crippen LogP contribution in [0.5, 0.6) is 0 Å². The number of anilines is 1. The van der Waals surface area contributed by atoms with Gasteiger partial charge in [-0.2, -0.15) is 0 Å². The maximum Gasteiger partial charge on any atom is 0.227 e. The quantitative estimate of drug-likeness (QED) is 0.853. The fourth-order valence-electron chi connectivity index (χ4n) is 3.45. The van der Waals surface area contributed by atoms with Gasteiger partial charge in [0, 0.05) is 32.4 Å². The molecule has 2 heterocycles. The van der Waals surface area contributed by atoms with Crippen LogP contribution in [0.3, 0.4) is 0 Å². The van der Waals surface area contributed by atoms with Gasteiger partial charge in [0.05, 0.1) is 5.41 Å². The zero-order chi connectivity index (χ0) is 14.2. The number of amides is 1. The van der Waals surface area contributed by atoms with Gasteiger partial charge in [0.25, 0.3) is 0 Å². The Balaban J connectivity index is 1.87. The molecule has 1 saturated heterocycles.